The van der Waals surface area contributed by atoms with E-state index in [-0.39, 0.29) is 40.3 Å². The lowest BCUT2D eigenvalue weighted by atomic mass is 10.0. The maximum absolute atomic E-state index is 15.0. The summed E-state index contributed by atoms with van der Waals surface area (Å²) < 4.78 is 37.2. The van der Waals surface area contributed by atoms with Crippen LogP contribution in [0.5, 0.6) is 5.88 Å². The summed E-state index contributed by atoms with van der Waals surface area (Å²) in [6, 6.07) is 22.5. The van der Waals surface area contributed by atoms with Gasteiger partial charge < -0.3 is 15.4 Å². The summed E-state index contributed by atoms with van der Waals surface area (Å²) in [5.41, 5.74) is 1.44. The number of likely N-dealkylation sites (tertiary alicyclic amines) is 1. The molecule has 0 spiro atoms. The van der Waals surface area contributed by atoms with Gasteiger partial charge in [0, 0.05) is 35.8 Å². The molecule has 0 aliphatic carbocycles. The van der Waals surface area contributed by atoms with Crippen LogP contribution in [-0.4, -0.2) is 69.4 Å². The Morgan fingerprint density at radius 3 is 2.43 bits per heavy atom. The first-order chi connectivity index (χ1) is 21.4. The number of imidazole rings is 1. The van der Waals surface area contributed by atoms with Crippen LogP contribution in [-0.2, 0) is 4.79 Å². The predicted molar refractivity (Wildman–Crippen MR) is 159 cm³/mol. The molecule has 2 aliphatic heterocycles. The van der Waals surface area contributed by atoms with Crippen molar-refractivity contribution >= 4 is 28.9 Å². The second-order valence-electron chi connectivity index (χ2n) is 10.6. The topological polar surface area (TPSA) is 113 Å². The third-order valence-electron chi connectivity index (χ3n) is 7.45. The Bertz CT molecular complexity index is 1950. The third-order valence-corrected chi connectivity index (χ3v) is 7.45. The van der Waals surface area contributed by atoms with E-state index >= 15 is 4.39 Å². The Balaban J connectivity index is 1.32. The van der Waals surface area contributed by atoms with Gasteiger partial charge in [0.15, 0.2) is 11.3 Å². The average Bonchev–Trinajstić information content (AvgIpc) is 3.32. The molecule has 1 unspecified atom stereocenters. The Kier molecular flexibility index (Phi) is 6.82. The number of anilines is 1. The molecule has 0 radical (unpaired) electrons. The molecule has 4 heterocycles. The molecule has 5 aromatic rings. The van der Waals surface area contributed by atoms with Crippen LogP contribution >= 0.6 is 0 Å². The normalized spacial score (nSPS) is 16.8. The molecule has 0 bridgehead atoms. The van der Waals surface area contributed by atoms with E-state index in [1.165, 1.54) is 34.8 Å². The molecule has 2 N–H and O–H groups in total. The molecule has 12 heteroatoms. The molecule has 7 rings (SSSR count). The number of nitrogens with zero attached hydrogens (tertiary/aromatic N) is 5. The number of fused-ring (bicyclic) bond motifs is 2. The zero-order valence-electron chi connectivity index (χ0n) is 23.4. The van der Waals surface area contributed by atoms with Gasteiger partial charge in [0.2, 0.25) is 12.0 Å². The molecule has 2 amide bonds. The first kappa shape index (κ1) is 27.3. The molecule has 2 aromatic heterocycles. The highest BCUT2D eigenvalue weighted by molar-refractivity contribution is 6.20. The molecule has 2 aliphatic rings. The van der Waals surface area contributed by atoms with Crippen molar-refractivity contribution in [3.05, 3.63) is 113 Å². The van der Waals surface area contributed by atoms with E-state index in [1.807, 2.05) is 13.1 Å². The van der Waals surface area contributed by atoms with Gasteiger partial charge in [0.1, 0.15) is 23.4 Å². The fourth-order valence-corrected chi connectivity index (χ4v) is 5.32. The highest BCUT2D eigenvalue weighted by atomic mass is 19.1. The fourth-order valence-electron chi connectivity index (χ4n) is 5.32. The molecule has 1 saturated heterocycles. The molecular weight excluding hydrogens is 568 g/mol. The minimum absolute atomic E-state index is 0.0178. The van der Waals surface area contributed by atoms with Crippen molar-refractivity contribution in [2.75, 3.05) is 25.5 Å². The number of rotatable bonds is 6. The quantitative estimate of drug-likeness (QED) is 0.309. The second-order valence-corrected chi connectivity index (χ2v) is 10.6. The van der Waals surface area contributed by atoms with Crippen molar-refractivity contribution in [2.45, 2.75) is 12.3 Å². The highest BCUT2D eigenvalue weighted by Crippen LogP contribution is 2.29. The molecule has 0 saturated carbocycles. The SMILES string of the molecule is CN1CC(Oc2ccc3nc(-c4ccccc4F)c(C(=O)NC4N=C(c5ccccc5)c5cccc(F)c5NC4=O)n3n2)C1. The van der Waals surface area contributed by atoms with E-state index in [4.69, 9.17) is 4.74 Å². The van der Waals surface area contributed by atoms with E-state index in [0.29, 0.717) is 16.8 Å². The summed E-state index contributed by atoms with van der Waals surface area (Å²) in [5, 5.41) is 9.71. The van der Waals surface area contributed by atoms with Crippen LogP contribution in [0.1, 0.15) is 21.6 Å². The number of ether oxygens (including phenoxy) is 1. The summed E-state index contributed by atoms with van der Waals surface area (Å²) in [7, 11) is 1.97. The van der Waals surface area contributed by atoms with Gasteiger partial charge in [-0.25, -0.2) is 23.3 Å². The van der Waals surface area contributed by atoms with Gasteiger partial charge in [0.25, 0.3) is 11.8 Å². The van der Waals surface area contributed by atoms with Crippen molar-refractivity contribution in [3.8, 4) is 17.1 Å². The number of likely N-dealkylation sites (N-methyl/N-ethyl adjacent to an activating group) is 1. The summed E-state index contributed by atoms with van der Waals surface area (Å²) in [5.74, 6) is -2.55. The minimum atomic E-state index is -1.48. The number of halogens is 2. The van der Waals surface area contributed by atoms with Crippen molar-refractivity contribution < 1.29 is 23.1 Å². The lowest BCUT2D eigenvalue weighted by molar-refractivity contribution is -0.117. The Hall–Kier alpha value is -5.49. The maximum Gasteiger partial charge on any atom is 0.274 e. The summed E-state index contributed by atoms with van der Waals surface area (Å²) in [6.07, 6.45) is -1.55. The van der Waals surface area contributed by atoms with Crippen LogP contribution in [0.3, 0.4) is 0 Å². The van der Waals surface area contributed by atoms with Crippen molar-refractivity contribution in [1.29, 1.82) is 0 Å². The Labute approximate surface area is 250 Å². The lowest BCUT2D eigenvalue weighted by Crippen LogP contribution is -2.51. The summed E-state index contributed by atoms with van der Waals surface area (Å²) in [4.78, 5) is 38.7. The Morgan fingerprint density at radius 2 is 1.66 bits per heavy atom. The van der Waals surface area contributed by atoms with E-state index < -0.39 is 29.6 Å². The smallest absolute Gasteiger partial charge is 0.274 e. The highest BCUT2D eigenvalue weighted by Gasteiger charge is 2.32. The van der Waals surface area contributed by atoms with E-state index in [2.05, 4.69) is 30.6 Å². The second kappa shape index (κ2) is 11.0. The number of carbonyl (C=O) groups excluding carboxylic acids is 2. The van der Waals surface area contributed by atoms with E-state index in [9.17, 15) is 14.0 Å². The largest absolute Gasteiger partial charge is 0.471 e. The zero-order chi connectivity index (χ0) is 30.4. The third kappa shape index (κ3) is 4.94. The average molecular weight is 594 g/mol. The number of benzene rings is 3. The predicted octanol–water partition coefficient (Wildman–Crippen LogP) is 3.91. The van der Waals surface area contributed by atoms with Gasteiger partial charge in [-0.05, 0) is 31.3 Å². The molecule has 1 atom stereocenters. The van der Waals surface area contributed by atoms with Gasteiger partial charge in [0.05, 0.1) is 11.4 Å². The van der Waals surface area contributed by atoms with Crippen LogP contribution in [0.2, 0.25) is 0 Å². The number of amides is 2. The molecule has 1 fully saturated rings. The first-order valence-corrected chi connectivity index (χ1v) is 13.9. The van der Waals surface area contributed by atoms with E-state index in [0.717, 1.165) is 13.1 Å². The van der Waals surface area contributed by atoms with Gasteiger partial charge in [-0.1, -0.05) is 54.6 Å². The monoisotopic (exact) mass is 593 g/mol. The number of aliphatic imine (C=N–C) groups is 1. The summed E-state index contributed by atoms with van der Waals surface area (Å²) >= 11 is 0. The lowest BCUT2D eigenvalue weighted by Gasteiger charge is -2.35. The number of nitrogens with one attached hydrogen (secondary N) is 2. The van der Waals surface area contributed by atoms with Crippen molar-refractivity contribution in [1.82, 2.24) is 24.8 Å². The zero-order valence-corrected chi connectivity index (χ0v) is 23.4. The molecular formula is C32H25F2N7O3. The van der Waals surface area contributed by atoms with Gasteiger partial charge in [-0.2, -0.15) is 0 Å². The minimum Gasteiger partial charge on any atom is -0.471 e. The first-order valence-electron chi connectivity index (χ1n) is 13.9. The number of hydrogen-bond donors (Lipinski definition) is 2. The fraction of sp³-hybridized carbons (Fsp3) is 0.156. The van der Waals surface area contributed by atoms with E-state index in [1.54, 1.807) is 48.5 Å². The number of para-hydroxylation sites is 1. The van der Waals surface area contributed by atoms with Gasteiger partial charge >= 0.3 is 0 Å². The van der Waals surface area contributed by atoms with Crippen LogP contribution in [0.15, 0.2) is 89.9 Å². The van der Waals surface area contributed by atoms with Gasteiger partial charge in [-0.15, -0.1) is 5.10 Å². The van der Waals surface area contributed by atoms with Crippen LogP contribution in [0, 0.1) is 11.6 Å². The summed E-state index contributed by atoms with van der Waals surface area (Å²) in [6.45, 7) is 1.44. The molecule has 10 nitrogen and oxygen atoms in total. The number of aromatic nitrogens is 3. The van der Waals surface area contributed by atoms with Crippen LogP contribution in [0.25, 0.3) is 16.9 Å². The number of carbonyl (C=O) groups is 2. The number of hydrogen-bond acceptors (Lipinski definition) is 7. The van der Waals surface area contributed by atoms with Crippen molar-refractivity contribution in [2.24, 2.45) is 4.99 Å². The molecule has 220 valence electrons. The van der Waals surface area contributed by atoms with Gasteiger partial charge in [-0.3, -0.25) is 14.5 Å². The molecule has 3 aromatic carbocycles. The van der Waals surface area contributed by atoms with Crippen LogP contribution in [0.4, 0.5) is 14.5 Å². The van der Waals surface area contributed by atoms with Crippen molar-refractivity contribution in [3.63, 3.8) is 0 Å². The standard InChI is InChI=1S/C32H25F2N7O3/c1-40-16-19(17-40)44-25-15-14-24-35-28(20-10-5-6-12-22(20)33)29(41(24)39-25)31(42)38-30-32(43)37-27-21(11-7-13-23(27)34)26(36-30)18-8-3-2-4-9-18/h2-15,19,30H,16-17H2,1H3,(H,37,43)(H,38,42). The maximum atomic E-state index is 15.0. The molecule has 44 heavy (non-hydrogen) atoms. The Morgan fingerprint density at radius 1 is 0.932 bits per heavy atom. The van der Waals surface area contributed by atoms with Crippen LogP contribution < -0.4 is 15.4 Å². The number of benzodiazepines with no additional fused rings is 1.